The first-order valence-electron chi connectivity index (χ1n) is 7.99. The van der Waals surface area contributed by atoms with Crippen LogP contribution in [0.25, 0.3) is 0 Å². The third kappa shape index (κ3) is 2.61. The van der Waals surface area contributed by atoms with Gasteiger partial charge < -0.3 is 10.0 Å². The molecular formula is C16H20N4OS. The molecule has 1 atom stereocenters. The molecule has 3 heterocycles. The SMILES string of the molecule is OCc1ccnc(N2CCCC(c3nc4c(s3)CCC4)C2)n1. The summed E-state index contributed by atoms with van der Waals surface area (Å²) in [6.07, 6.45) is 7.71. The number of nitrogens with zero attached hydrogens (tertiary/aromatic N) is 4. The van der Waals surface area contributed by atoms with Crippen LogP contribution < -0.4 is 4.90 Å². The zero-order valence-corrected chi connectivity index (χ0v) is 13.3. The number of piperidine rings is 1. The first-order valence-corrected chi connectivity index (χ1v) is 8.81. The number of hydrogen-bond acceptors (Lipinski definition) is 6. The van der Waals surface area contributed by atoms with Gasteiger partial charge in [0.15, 0.2) is 0 Å². The fourth-order valence-corrected chi connectivity index (χ4v) is 4.65. The minimum Gasteiger partial charge on any atom is -0.390 e. The van der Waals surface area contributed by atoms with Gasteiger partial charge in [-0.3, -0.25) is 0 Å². The third-order valence-corrected chi connectivity index (χ3v) is 5.85. The quantitative estimate of drug-likeness (QED) is 0.941. The molecule has 4 rings (SSSR count). The van der Waals surface area contributed by atoms with Crippen molar-refractivity contribution in [1.29, 1.82) is 0 Å². The summed E-state index contributed by atoms with van der Waals surface area (Å²) in [5, 5.41) is 10.5. The molecule has 0 radical (unpaired) electrons. The van der Waals surface area contributed by atoms with Gasteiger partial charge in [0.05, 0.1) is 23.0 Å². The summed E-state index contributed by atoms with van der Waals surface area (Å²) in [4.78, 5) is 17.4. The van der Waals surface area contributed by atoms with Crippen molar-refractivity contribution in [3.05, 3.63) is 33.5 Å². The second-order valence-corrected chi connectivity index (χ2v) is 7.18. The van der Waals surface area contributed by atoms with Crippen LogP contribution in [-0.4, -0.2) is 33.1 Å². The highest BCUT2D eigenvalue weighted by Crippen LogP contribution is 2.35. The lowest BCUT2D eigenvalue weighted by molar-refractivity contribution is 0.276. The Morgan fingerprint density at radius 2 is 2.23 bits per heavy atom. The Hall–Kier alpha value is -1.53. The summed E-state index contributed by atoms with van der Waals surface area (Å²) in [6.45, 7) is 1.88. The third-order valence-electron chi connectivity index (χ3n) is 4.53. The number of fused-ring (bicyclic) bond motifs is 1. The van der Waals surface area contributed by atoms with E-state index in [-0.39, 0.29) is 6.61 Å². The number of aryl methyl sites for hydroxylation is 2. The Kier molecular flexibility index (Phi) is 3.80. The topological polar surface area (TPSA) is 62.1 Å². The van der Waals surface area contributed by atoms with Crippen LogP contribution in [0, 0.1) is 0 Å². The molecule has 1 fully saturated rings. The molecule has 5 nitrogen and oxygen atoms in total. The fourth-order valence-electron chi connectivity index (χ4n) is 3.37. The monoisotopic (exact) mass is 316 g/mol. The number of rotatable bonds is 3. The second kappa shape index (κ2) is 5.93. The molecule has 1 N–H and O–H groups in total. The van der Waals surface area contributed by atoms with Gasteiger partial charge in [-0.15, -0.1) is 11.3 Å². The summed E-state index contributed by atoms with van der Waals surface area (Å²) < 4.78 is 0. The Morgan fingerprint density at radius 1 is 1.27 bits per heavy atom. The fraction of sp³-hybridized carbons (Fsp3) is 0.562. The molecule has 1 saturated heterocycles. The smallest absolute Gasteiger partial charge is 0.225 e. The molecule has 0 spiro atoms. The molecule has 0 aromatic carbocycles. The molecule has 1 aliphatic carbocycles. The highest BCUT2D eigenvalue weighted by Gasteiger charge is 2.27. The Labute approximate surface area is 134 Å². The lowest BCUT2D eigenvalue weighted by Gasteiger charge is -2.31. The lowest BCUT2D eigenvalue weighted by Crippen LogP contribution is -2.35. The van der Waals surface area contributed by atoms with Crippen LogP contribution >= 0.6 is 11.3 Å². The number of aliphatic hydroxyl groups is 1. The van der Waals surface area contributed by atoms with E-state index >= 15 is 0 Å². The van der Waals surface area contributed by atoms with Gasteiger partial charge in [0.1, 0.15) is 0 Å². The van der Waals surface area contributed by atoms with Crippen molar-refractivity contribution in [3.63, 3.8) is 0 Å². The Balaban J connectivity index is 1.53. The van der Waals surface area contributed by atoms with E-state index in [2.05, 4.69) is 14.9 Å². The number of thiazole rings is 1. The summed E-state index contributed by atoms with van der Waals surface area (Å²) in [6, 6.07) is 1.76. The van der Waals surface area contributed by atoms with Gasteiger partial charge in [0.2, 0.25) is 5.95 Å². The predicted molar refractivity (Wildman–Crippen MR) is 86.3 cm³/mol. The molecule has 0 saturated carbocycles. The molecule has 2 aromatic rings. The minimum absolute atomic E-state index is 0.0357. The Morgan fingerprint density at radius 3 is 3.09 bits per heavy atom. The molecule has 116 valence electrons. The van der Waals surface area contributed by atoms with Crippen molar-refractivity contribution >= 4 is 17.3 Å². The van der Waals surface area contributed by atoms with Crippen molar-refractivity contribution in [2.75, 3.05) is 18.0 Å². The van der Waals surface area contributed by atoms with Crippen LogP contribution in [0.5, 0.6) is 0 Å². The zero-order chi connectivity index (χ0) is 14.9. The van der Waals surface area contributed by atoms with Crippen LogP contribution in [0.15, 0.2) is 12.3 Å². The van der Waals surface area contributed by atoms with Gasteiger partial charge in [0.25, 0.3) is 0 Å². The largest absolute Gasteiger partial charge is 0.390 e. The van der Waals surface area contributed by atoms with E-state index in [1.165, 1.54) is 34.8 Å². The van der Waals surface area contributed by atoms with Gasteiger partial charge in [-0.2, -0.15) is 0 Å². The van der Waals surface area contributed by atoms with E-state index in [9.17, 15) is 5.11 Å². The van der Waals surface area contributed by atoms with Crippen LogP contribution in [0.3, 0.4) is 0 Å². The Bertz CT molecular complexity index is 650. The van der Waals surface area contributed by atoms with Crippen LogP contribution in [0.2, 0.25) is 0 Å². The molecule has 2 aromatic heterocycles. The van der Waals surface area contributed by atoms with E-state index in [1.807, 2.05) is 11.3 Å². The van der Waals surface area contributed by atoms with E-state index in [0.717, 1.165) is 31.9 Å². The number of hydrogen-bond donors (Lipinski definition) is 1. The number of aromatic nitrogens is 3. The maximum Gasteiger partial charge on any atom is 0.225 e. The predicted octanol–water partition coefficient (Wildman–Crippen LogP) is 2.30. The standard InChI is InChI=1S/C16H20N4OS/c21-10-12-6-7-17-16(18-12)20-8-2-3-11(9-20)15-19-13-4-1-5-14(13)22-15/h6-7,11,21H,1-5,8-10H2. The zero-order valence-electron chi connectivity index (χ0n) is 12.5. The molecule has 2 aliphatic rings. The lowest BCUT2D eigenvalue weighted by atomic mass is 9.99. The van der Waals surface area contributed by atoms with E-state index in [4.69, 9.17) is 4.98 Å². The van der Waals surface area contributed by atoms with E-state index in [1.54, 1.807) is 12.3 Å². The second-order valence-electron chi connectivity index (χ2n) is 6.07. The highest BCUT2D eigenvalue weighted by atomic mass is 32.1. The van der Waals surface area contributed by atoms with Gasteiger partial charge in [-0.1, -0.05) is 0 Å². The van der Waals surface area contributed by atoms with Crippen molar-refractivity contribution < 1.29 is 5.11 Å². The molecule has 1 unspecified atom stereocenters. The molecule has 6 heteroatoms. The van der Waals surface area contributed by atoms with Crippen molar-refractivity contribution in [3.8, 4) is 0 Å². The summed E-state index contributed by atoms with van der Waals surface area (Å²) in [5.41, 5.74) is 2.02. The number of aliphatic hydroxyl groups excluding tert-OH is 1. The van der Waals surface area contributed by atoms with Gasteiger partial charge >= 0.3 is 0 Å². The average molecular weight is 316 g/mol. The first kappa shape index (κ1) is 14.1. The summed E-state index contributed by atoms with van der Waals surface area (Å²) >= 11 is 1.91. The normalized spacial score (nSPS) is 21.1. The van der Waals surface area contributed by atoms with Gasteiger partial charge in [-0.05, 0) is 38.2 Å². The molecule has 0 amide bonds. The maximum absolute atomic E-state index is 9.24. The van der Waals surface area contributed by atoms with Gasteiger partial charge in [0, 0.05) is 30.1 Å². The summed E-state index contributed by atoms with van der Waals surface area (Å²) in [5.74, 6) is 1.23. The van der Waals surface area contributed by atoms with E-state index < -0.39 is 0 Å². The molecular weight excluding hydrogens is 296 g/mol. The van der Waals surface area contributed by atoms with Gasteiger partial charge in [-0.25, -0.2) is 15.0 Å². The van der Waals surface area contributed by atoms with Crippen molar-refractivity contribution in [2.24, 2.45) is 0 Å². The molecule has 1 aliphatic heterocycles. The highest BCUT2D eigenvalue weighted by molar-refractivity contribution is 7.11. The maximum atomic E-state index is 9.24. The minimum atomic E-state index is -0.0357. The van der Waals surface area contributed by atoms with Crippen molar-refractivity contribution in [2.45, 2.75) is 44.6 Å². The first-order chi connectivity index (χ1) is 10.8. The van der Waals surface area contributed by atoms with Crippen molar-refractivity contribution in [1.82, 2.24) is 15.0 Å². The molecule has 0 bridgehead atoms. The number of anilines is 1. The van der Waals surface area contributed by atoms with Crippen LogP contribution in [0.4, 0.5) is 5.95 Å². The van der Waals surface area contributed by atoms with Crippen LogP contribution in [0.1, 0.15) is 46.5 Å². The molecule has 22 heavy (non-hydrogen) atoms. The summed E-state index contributed by atoms with van der Waals surface area (Å²) in [7, 11) is 0. The average Bonchev–Trinajstić information content (AvgIpc) is 3.17. The van der Waals surface area contributed by atoms with Crippen LogP contribution in [-0.2, 0) is 19.4 Å². The van der Waals surface area contributed by atoms with E-state index in [0.29, 0.717) is 11.6 Å².